The SMILES string of the molecule is C[C@H](NC(=O)CC[C@@H]1CCCO1)c1ccc(-c2cccnc2)cc1. The van der Waals surface area contributed by atoms with Gasteiger partial charge in [-0.1, -0.05) is 30.3 Å². The van der Waals surface area contributed by atoms with Gasteiger partial charge in [0, 0.05) is 25.4 Å². The standard InChI is InChI=1S/C20H24N2O2/c1-15(22-20(23)11-10-19-5-3-13-24-19)16-6-8-17(9-7-16)18-4-2-12-21-14-18/h2,4,6-9,12,14-15,19H,3,5,10-11,13H2,1H3,(H,22,23)/t15-,19-/m0/s1. The first kappa shape index (κ1) is 16.7. The van der Waals surface area contributed by atoms with Crippen molar-refractivity contribution in [1.29, 1.82) is 0 Å². The van der Waals surface area contributed by atoms with Crippen LogP contribution >= 0.6 is 0 Å². The summed E-state index contributed by atoms with van der Waals surface area (Å²) < 4.78 is 5.56. The molecule has 2 aromatic rings. The molecule has 1 aliphatic rings. The number of amides is 1. The van der Waals surface area contributed by atoms with Crippen molar-refractivity contribution in [3.63, 3.8) is 0 Å². The van der Waals surface area contributed by atoms with E-state index >= 15 is 0 Å². The first-order valence-electron chi connectivity index (χ1n) is 8.64. The van der Waals surface area contributed by atoms with Crippen molar-refractivity contribution >= 4 is 5.91 Å². The van der Waals surface area contributed by atoms with Gasteiger partial charge in [0.1, 0.15) is 0 Å². The number of hydrogen-bond acceptors (Lipinski definition) is 3. The third-order valence-electron chi connectivity index (χ3n) is 4.50. The van der Waals surface area contributed by atoms with E-state index in [0.717, 1.165) is 42.6 Å². The monoisotopic (exact) mass is 324 g/mol. The molecule has 3 rings (SSSR count). The van der Waals surface area contributed by atoms with E-state index in [2.05, 4.69) is 34.6 Å². The summed E-state index contributed by atoms with van der Waals surface area (Å²) >= 11 is 0. The largest absolute Gasteiger partial charge is 0.378 e. The minimum atomic E-state index is 0.00458. The predicted octanol–water partition coefficient (Wildman–Crippen LogP) is 3.89. The molecule has 1 aromatic carbocycles. The smallest absolute Gasteiger partial charge is 0.220 e. The van der Waals surface area contributed by atoms with Gasteiger partial charge in [-0.15, -0.1) is 0 Å². The lowest BCUT2D eigenvalue weighted by Gasteiger charge is -2.16. The third-order valence-corrected chi connectivity index (χ3v) is 4.50. The Bertz CT molecular complexity index is 649. The van der Waals surface area contributed by atoms with Crippen LogP contribution in [0.15, 0.2) is 48.8 Å². The average molecular weight is 324 g/mol. The van der Waals surface area contributed by atoms with E-state index in [1.54, 1.807) is 6.20 Å². The Balaban J connectivity index is 1.52. The number of ether oxygens (including phenoxy) is 1. The number of pyridine rings is 1. The Morgan fingerprint density at radius 2 is 2.12 bits per heavy atom. The molecule has 4 nitrogen and oxygen atoms in total. The molecule has 2 heterocycles. The van der Waals surface area contributed by atoms with Gasteiger partial charge in [0.15, 0.2) is 0 Å². The van der Waals surface area contributed by atoms with Crippen LogP contribution < -0.4 is 5.32 Å². The zero-order valence-electron chi connectivity index (χ0n) is 14.1. The zero-order chi connectivity index (χ0) is 16.8. The van der Waals surface area contributed by atoms with Crippen LogP contribution in [0.25, 0.3) is 11.1 Å². The second-order valence-corrected chi connectivity index (χ2v) is 6.33. The number of aromatic nitrogens is 1. The fourth-order valence-electron chi connectivity index (χ4n) is 3.06. The highest BCUT2D eigenvalue weighted by Crippen LogP contribution is 2.21. The Morgan fingerprint density at radius 1 is 1.29 bits per heavy atom. The van der Waals surface area contributed by atoms with Gasteiger partial charge in [0.2, 0.25) is 5.91 Å². The topological polar surface area (TPSA) is 51.2 Å². The molecule has 24 heavy (non-hydrogen) atoms. The number of hydrogen-bond donors (Lipinski definition) is 1. The maximum Gasteiger partial charge on any atom is 0.220 e. The van der Waals surface area contributed by atoms with E-state index in [1.165, 1.54) is 0 Å². The van der Waals surface area contributed by atoms with Gasteiger partial charge < -0.3 is 10.1 Å². The highest BCUT2D eigenvalue weighted by Gasteiger charge is 2.17. The van der Waals surface area contributed by atoms with E-state index in [-0.39, 0.29) is 18.1 Å². The molecule has 0 bridgehead atoms. The van der Waals surface area contributed by atoms with Gasteiger partial charge in [0.25, 0.3) is 0 Å². The summed E-state index contributed by atoms with van der Waals surface area (Å²) in [5.74, 6) is 0.0920. The molecule has 0 unspecified atom stereocenters. The van der Waals surface area contributed by atoms with E-state index in [4.69, 9.17) is 4.74 Å². The molecule has 0 radical (unpaired) electrons. The normalized spacial score (nSPS) is 18.3. The molecule has 0 saturated carbocycles. The Morgan fingerprint density at radius 3 is 2.79 bits per heavy atom. The molecule has 1 amide bonds. The van der Waals surface area contributed by atoms with Crippen LogP contribution in [0.2, 0.25) is 0 Å². The number of carbonyl (C=O) groups excluding carboxylic acids is 1. The van der Waals surface area contributed by atoms with Crippen molar-refractivity contribution in [2.24, 2.45) is 0 Å². The summed E-state index contributed by atoms with van der Waals surface area (Å²) in [5, 5.41) is 3.07. The molecule has 4 heteroatoms. The fraction of sp³-hybridized carbons (Fsp3) is 0.400. The van der Waals surface area contributed by atoms with Crippen LogP contribution in [-0.4, -0.2) is 23.6 Å². The molecule has 1 saturated heterocycles. The minimum absolute atomic E-state index is 0.00458. The first-order chi connectivity index (χ1) is 11.7. The van der Waals surface area contributed by atoms with Crippen molar-refractivity contribution < 1.29 is 9.53 Å². The maximum absolute atomic E-state index is 12.1. The highest BCUT2D eigenvalue weighted by atomic mass is 16.5. The molecular weight excluding hydrogens is 300 g/mol. The summed E-state index contributed by atoms with van der Waals surface area (Å²) in [4.78, 5) is 16.2. The van der Waals surface area contributed by atoms with Gasteiger partial charge in [-0.2, -0.15) is 0 Å². The number of carbonyl (C=O) groups is 1. The minimum Gasteiger partial charge on any atom is -0.378 e. The van der Waals surface area contributed by atoms with Crippen LogP contribution in [0.5, 0.6) is 0 Å². The summed E-state index contributed by atoms with van der Waals surface area (Å²) in [5.41, 5.74) is 3.33. The van der Waals surface area contributed by atoms with Gasteiger partial charge in [-0.3, -0.25) is 9.78 Å². The van der Waals surface area contributed by atoms with E-state index < -0.39 is 0 Å². The molecule has 2 atom stereocenters. The lowest BCUT2D eigenvalue weighted by atomic mass is 10.0. The summed E-state index contributed by atoms with van der Waals surface area (Å²) in [6.07, 6.45) is 7.44. The second-order valence-electron chi connectivity index (χ2n) is 6.33. The predicted molar refractivity (Wildman–Crippen MR) is 94.4 cm³/mol. The van der Waals surface area contributed by atoms with Crippen LogP contribution in [-0.2, 0) is 9.53 Å². The number of rotatable bonds is 6. The summed E-state index contributed by atoms with van der Waals surface area (Å²) in [7, 11) is 0. The Kier molecular flexibility index (Phi) is 5.59. The lowest BCUT2D eigenvalue weighted by molar-refractivity contribution is -0.122. The summed E-state index contributed by atoms with van der Waals surface area (Å²) in [6, 6.07) is 12.2. The second kappa shape index (κ2) is 8.06. The van der Waals surface area contributed by atoms with Gasteiger partial charge >= 0.3 is 0 Å². The molecule has 1 aromatic heterocycles. The van der Waals surface area contributed by atoms with E-state index in [0.29, 0.717) is 6.42 Å². The van der Waals surface area contributed by atoms with Crippen molar-refractivity contribution in [3.8, 4) is 11.1 Å². The third kappa shape index (κ3) is 4.42. The highest BCUT2D eigenvalue weighted by molar-refractivity contribution is 5.76. The zero-order valence-corrected chi connectivity index (χ0v) is 14.1. The molecule has 0 aliphatic carbocycles. The molecule has 1 fully saturated rings. The van der Waals surface area contributed by atoms with E-state index in [1.807, 2.05) is 25.3 Å². The van der Waals surface area contributed by atoms with Crippen molar-refractivity contribution in [2.45, 2.75) is 44.8 Å². The Hall–Kier alpha value is -2.20. The number of nitrogens with one attached hydrogen (secondary N) is 1. The van der Waals surface area contributed by atoms with Crippen LogP contribution in [0, 0.1) is 0 Å². The fourth-order valence-corrected chi connectivity index (χ4v) is 3.06. The number of nitrogens with zero attached hydrogens (tertiary/aromatic N) is 1. The van der Waals surface area contributed by atoms with Crippen molar-refractivity contribution in [2.75, 3.05) is 6.61 Å². The van der Waals surface area contributed by atoms with Crippen LogP contribution in [0.1, 0.15) is 44.2 Å². The van der Waals surface area contributed by atoms with Crippen molar-refractivity contribution in [1.82, 2.24) is 10.3 Å². The van der Waals surface area contributed by atoms with Gasteiger partial charge in [0.05, 0.1) is 12.1 Å². The van der Waals surface area contributed by atoms with Crippen LogP contribution in [0.4, 0.5) is 0 Å². The van der Waals surface area contributed by atoms with E-state index in [9.17, 15) is 4.79 Å². The molecule has 126 valence electrons. The first-order valence-corrected chi connectivity index (χ1v) is 8.64. The van der Waals surface area contributed by atoms with Crippen molar-refractivity contribution in [3.05, 3.63) is 54.4 Å². The average Bonchev–Trinajstić information content (AvgIpc) is 3.14. The molecule has 1 N–H and O–H groups in total. The molecular formula is C20H24N2O2. The summed E-state index contributed by atoms with van der Waals surface area (Å²) in [6.45, 7) is 2.86. The quantitative estimate of drug-likeness (QED) is 0.877. The number of benzene rings is 1. The maximum atomic E-state index is 12.1. The molecule has 0 spiro atoms. The van der Waals surface area contributed by atoms with Crippen LogP contribution in [0.3, 0.4) is 0 Å². The Labute approximate surface area is 143 Å². The lowest BCUT2D eigenvalue weighted by Crippen LogP contribution is -2.27. The van der Waals surface area contributed by atoms with Gasteiger partial charge in [-0.05, 0) is 48.9 Å². The van der Waals surface area contributed by atoms with Gasteiger partial charge in [-0.25, -0.2) is 0 Å². The molecule has 1 aliphatic heterocycles.